The summed E-state index contributed by atoms with van der Waals surface area (Å²) in [6.45, 7) is 0. The van der Waals surface area contributed by atoms with Crippen molar-refractivity contribution in [1.29, 1.82) is 0 Å². The molecule has 0 saturated carbocycles. The largest absolute Gasteiger partial charge is 0.296 e. The number of amides is 1. The van der Waals surface area contributed by atoms with E-state index in [1.54, 1.807) is 6.07 Å². The third-order valence-corrected chi connectivity index (χ3v) is 2.22. The topological polar surface area (TPSA) is 46.3 Å². The van der Waals surface area contributed by atoms with Crippen LogP contribution in [-0.4, -0.2) is 11.1 Å². The van der Waals surface area contributed by atoms with Crippen molar-refractivity contribution in [1.82, 2.24) is 5.23 Å². The maximum atomic E-state index is 12.3. The molecule has 1 amide bonds. The van der Waals surface area contributed by atoms with Gasteiger partial charge in [-0.15, -0.1) is 5.23 Å². The van der Waals surface area contributed by atoms with Gasteiger partial charge in [0.05, 0.1) is 0 Å². The molecule has 0 aromatic heterocycles. The SMILES string of the molecule is NN(F)C(=O)c1cc(Br)cc(Br)c1. The van der Waals surface area contributed by atoms with E-state index in [-0.39, 0.29) is 5.56 Å². The predicted octanol–water partition coefficient (Wildman–Crippen LogP) is 2.41. The monoisotopic (exact) mass is 310 g/mol. The van der Waals surface area contributed by atoms with Gasteiger partial charge in [0, 0.05) is 14.5 Å². The first-order valence-corrected chi connectivity index (χ1v) is 4.80. The summed E-state index contributed by atoms with van der Waals surface area (Å²) in [5, 5.41) is -0.450. The maximum Gasteiger partial charge on any atom is 0.296 e. The Morgan fingerprint density at radius 2 is 1.77 bits per heavy atom. The molecule has 70 valence electrons. The number of carbonyl (C=O) groups is 1. The molecule has 0 radical (unpaired) electrons. The molecule has 0 bridgehead atoms. The summed E-state index contributed by atoms with van der Waals surface area (Å²) in [5.41, 5.74) is 0.172. The van der Waals surface area contributed by atoms with Gasteiger partial charge in [0.2, 0.25) is 0 Å². The minimum Gasteiger partial charge on any atom is -0.265 e. The fourth-order valence-electron chi connectivity index (χ4n) is 0.801. The zero-order valence-corrected chi connectivity index (χ0v) is 9.47. The van der Waals surface area contributed by atoms with Crippen molar-refractivity contribution in [3.63, 3.8) is 0 Å². The summed E-state index contributed by atoms with van der Waals surface area (Å²) in [6.07, 6.45) is 0. The second kappa shape index (κ2) is 4.17. The van der Waals surface area contributed by atoms with Gasteiger partial charge in [-0.2, -0.15) is 0 Å². The molecule has 1 aromatic carbocycles. The van der Waals surface area contributed by atoms with Crippen LogP contribution in [0.3, 0.4) is 0 Å². The minimum atomic E-state index is -0.887. The summed E-state index contributed by atoms with van der Waals surface area (Å²) < 4.78 is 13.6. The number of rotatable bonds is 1. The van der Waals surface area contributed by atoms with Crippen molar-refractivity contribution < 1.29 is 9.28 Å². The van der Waals surface area contributed by atoms with Crippen LogP contribution in [0.15, 0.2) is 27.1 Å². The van der Waals surface area contributed by atoms with Gasteiger partial charge in [0.25, 0.3) is 5.91 Å². The van der Waals surface area contributed by atoms with Crippen molar-refractivity contribution >= 4 is 37.8 Å². The number of hydrazine groups is 1. The Morgan fingerprint density at radius 3 is 2.15 bits per heavy atom. The van der Waals surface area contributed by atoms with E-state index in [1.807, 2.05) is 0 Å². The van der Waals surface area contributed by atoms with Crippen molar-refractivity contribution in [2.75, 3.05) is 0 Å². The van der Waals surface area contributed by atoms with Crippen LogP contribution >= 0.6 is 31.9 Å². The molecule has 0 fully saturated rings. The first kappa shape index (κ1) is 10.6. The fraction of sp³-hybridized carbons (Fsp3) is 0. The Kier molecular flexibility index (Phi) is 3.40. The molecule has 0 saturated heterocycles. The molecular formula is C7H5Br2FN2O. The molecule has 0 aliphatic rings. The zero-order valence-electron chi connectivity index (χ0n) is 6.30. The number of halogens is 3. The van der Waals surface area contributed by atoms with Crippen LogP contribution in [0.4, 0.5) is 4.48 Å². The second-order valence-electron chi connectivity index (χ2n) is 2.27. The molecule has 2 N–H and O–H groups in total. The van der Waals surface area contributed by atoms with E-state index in [0.717, 1.165) is 0 Å². The van der Waals surface area contributed by atoms with Gasteiger partial charge in [-0.1, -0.05) is 36.3 Å². The van der Waals surface area contributed by atoms with Crippen LogP contribution in [0.2, 0.25) is 0 Å². The molecule has 0 aliphatic carbocycles. The molecule has 0 spiro atoms. The molecule has 0 heterocycles. The lowest BCUT2D eigenvalue weighted by atomic mass is 10.2. The highest BCUT2D eigenvalue weighted by atomic mass is 79.9. The predicted molar refractivity (Wildman–Crippen MR) is 53.3 cm³/mol. The molecule has 13 heavy (non-hydrogen) atoms. The number of nitrogens with zero attached hydrogens (tertiary/aromatic N) is 1. The van der Waals surface area contributed by atoms with Gasteiger partial charge in [-0.05, 0) is 18.2 Å². The van der Waals surface area contributed by atoms with Crippen LogP contribution in [0.5, 0.6) is 0 Å². The van der Waals surface area contributed by atoms with Crippen LogP contribution in [0, 0.1) is 0 Å². The van der Waals surface area contributed by atoms with Crippen molar-refractivity contribution in [3.8, 4) is 0 Å². The number of benzene rings is 1. The highest BCUT2D eigenvalue weighted by molar-refractivity contribution is 9.11. The van der Waals surface area contributed by atoms with Gasteiger partial charge < -0.3 is 0 Å². The standard InChI is InChI=1S/C7H5Br2FN2O/c8-5-1-4(2-6(9)3-5)7(13)12(10)11/h1-3H,11H2. The van der Waals surface area contributed by atoms with E-state index < -0.39 is 11.1 Å². The van der Waals surface area contributed by atoms with Gasteiger partial charge in [-0.25, -0.2) is 5.84 Å². The summed E-state index contributed by atoms with van der Waals surface area (Å²) in [6, 6.07) is 4.69. The Hall–Kier alpha value is -0.460. The zero-order chi connectivity index (χ0) is 10.0. The third kappa shape index (κ3) is 2.75. The molecule has 0 unspecified atom stereocenters. The summed E-state index contributed by atoms with van der Waals surface area (Å²) in [7, 11) is 0. The average molecular weight is 312 g/mol. The van der Waals surface area contributed by atoms with Crippen LogP contribution in [0.25, 0.3) is 0 Å². The van der Waals surface area contributed by atoms with Gasteiger partial charge >= 0.3 is 0 Å². The van der Waals surface area contributed by atoms with Gasteiger partial charge in [-0.3, -0.25) is 4.79 Å². The Balaban J connectivity index is 3.08. The maximum absolute atomic E-state index is 12.3. The van der Waals surface area contributed by atoms with E-state index in [2.05, 4.69) is 37.7 Å². The second-order valence-corrected chi connectivity index (χ2v) is 4.11. The summed E-state index contributed by atoms with van der Waals surface area (Å²) in [5.74, 6) is 3.77. The quantitative estimate of drug-likeness (QED) is 0.375. The normalized spacial score (nSPS) is 9.85. The lowest BCUT2D eigenvalue weighted by Gasteiger charge is -2.05. The number of hydrogen-bond acceptors (Lipinski definition) is 2. The lowest BCUT2D eigenvalue weighted by molar-refractivity contribution is 0.0192. The molecule has 1 aromatic rings. The Labute approximate surface area is 90.9 Å². The lowest BCUT2D eigenvalue weighted by Crippen LogP contribution is -2.29. The Morgan fingerprint density at radius 1 is 1.31 bits per heavy atom. The first-order valence-electron chi connectivity index (χ1n) is 3.21. The molecule has 1 rings (SSSR count). The van der Waals surface area contributed by atoms with Gasteiger partial charge in [0.15, 0.2) is 0 Å². The summed E-state index contributed by atoms with van der Waals surface area (Å²) >= 11 is 6.33. The molecule has 3 nitrogen and oxygen atoms in total. The number of hydrogen-bond donors (Lipinski definition) is 1. The van der Waals surface area contributed by atoms with E-state index in [9.17, 15) is 9.28 Å². The first-order chi connectivity index (χ1) is 6.00. The van der Waals surface area contributed by atoms with E-state index >= 15 is 0 Å². The average Bonchev–Trinajstić information content (AvgIpc) is 2.01. The van der Waals surface area contributed by atoms with Crippen molar-refractivity contribution in [2.45, 2.75) is 0 Å². The minimum absolute atomic E-state index is 0.172. The Bertz CT molecular complexity index is 323. The number of nitrogens with two attached hydrogens (primary N) is 1. The third-order valence-electron chi connectivity index (χ3n) is 1.30. The van der Waals surface area contributed by atoms with Crippen LogP contribution in [0.1, 0.15) is 10.4 Å². The highest BCUT2D eigenvalue weighted by Crippen LogP contribution is 2.20. The molecule has 6 heteroatoms. The van der Waals surface area contributed by atoms with Crippen molar-refractivity contribution in [2.24, 2.45) is 5.84 Å². The highest BCUT2D eigenvalue weighted by Gasteiger charge is 2.12. The van der Waals surface area contributed by atoms with E-state index in [4.69, 9.17) is 0 Å². The molecular weight excluding hydrogens is 307 g/mol. The van der Waals surface area contributed by atoms with Crippen LogP contribution < -0.4 is 5.84 Å². The molecule has 0 atom stereocenters. The number of carbonyl (C=O) groups excluding carboxylic acids is 1. The van der Waals surface area contributed by atoms with Crippen molar-refractivity contribution in [3.05, 3.63) is 32.7 Å². The summed E-state index contributed by atoms with van der Waals surface area (Å²) in [4.78, 5) is 11.0. The fourth-order valence-corrected chi connectivity index (χ4v) is 2.09. The van der Waals surface area contributed by atoms with E-state index in [1.165, 1.54) is 12.1 Å². The van der Waals surface area contributed by atoms with E-state index in [0.29, 0.717) is 8.95 Å². The van der Waals surface area contributed by atoms with Crippen LogP contribution in [-0.2, 0) is 0 Å². The van der Waals surface area contributed by atoms with Gasteiger partial charge in [0.1, 0.15) is 0 Å². The smallest absolute Gasteiger partial charge is 0.265 e. The molecule has 0 aliphatic heterocycles.